The van der Waals surface area contributed by atoms with Crippen LogP contribution in [0.25, 0.3) is 16.8 Å². The van der Waals surface area contributed by atoms with Crippen molar-refractivity contribution in [1.82, 2.24) is 23.9 Å². The van der Waals surface area contributed by atoms with E-state index in [1.54, 1.807) is 4.31 Å². The fourth-order valence-electron chi connectivity index (χ4n) is 6.28. The van der Waals surface area contributed by atoms with E-state index >= 15 is 0 Å². The van der Waals surface area contributed by atoms with Gasteiger partial charge in [-0.2, -0.15) is 4.31 Å². The Morgan fingerprint density at radius 3 is 2.46 bits per heavy atom. The summed E-state index contributed by atoms with van der Waals surface area (Å²) in [5.41, 5.74) is 3.03. The fraction of sp³-hybridized carbons (Fsp3) is 0.516. The third kappa shape index (κ3) is 5.51. The van der Waals surface area contributed by atoms with Crippen molar-refractivity contribution in [3.63, 3.8) is 0 Å². The molecule has 41 heavy (non-hydrogen) atoms. The predicted octanol–water partition coefficient (Wildman–Crippen LogP) is 3.91. The van der Waals surface area contributed by atoms with Gasteiger partial charge in [-0.3, -0.25) is 9.59 Å². The predicted molar refractivity (Wildman–Crippen MR) is 160 cm³/mol. The number of nitrogens with one attached hydrogen (secondary N) is 1. The first-order chi connectivity index (χ1) is 19.3. The molecule has 0 bridgehead atoms. The van der Waals surface area contributed by atoms with Gasteiger partial charge in [-0.05, 0) is 36.0 Å². The molecule has 0 unspecified atom stereocenters. The lowest BCUT2D eigenvalue weighted by molar-refractivity contribution is -0.141. The average molecular weight is 580 g/mol. The number of hydrogen-bond donors (Lipinski definition) is 1. The molecule has 0 spiro atoms. The number of benzene rings is 1. The molecule has 5 rings (SSSR count). The van der Waals surface area contributed by atoms with E-state index in [-0.39, 0.29) is 42.3 Å². The van der Waals surface area contributed by atoms with Crippen molar-refractivity contribution in [2.24, 2.45) is 11.3 Å². The average Bonchev–Trinajstić information content (AvgIpc) is 3.64. The van der Waals surface area contributed by atoms with E-state index in [0.29, 0.717) is 19.4 Å². The topological polar surface area (TPSA) is 104 Å². The highest BCUT2D eigenvalue weighted by Crippen LogP contribution is 2.43. The fourth-order valence-corrected chi connectivity index (χ4v) is 7.43. The van der Waals surface area contributed by atoms with Gasteiger partial charge in [0.25, 0.3) is 0 Å². The number of imidazole rings is 1. The Kier molecular flexibility index (Phi) is 7.76. The molecule has 4 heterocycles. The molecule has 2 saturated heterocycles. The molecular formula is C31H41N5O4S. The van der Waals surface area contributed by atoms with Crippen LogP contribution >= 0.6 is 0 Å². The van der Waals surface area contributed by atoms with Crippen LogP contribution in [0.1, 0.15) is 59.1 Å². The number of rotatable bonds is 7. The van der Waals surface area contributed by atoms with Crippen molar-refractivity contribution < 1.29 is 18.0 Å². The summed E-state index contributed by atoms with van der Waals surface area (Å²) in [4.78, 5) is 34.0. The summed E-state index contributed by atoms with van der Waals surface area (Å²) in [6.07, 6.45) is 6.35. The third-order valence-electron chi connectivity index (χ3n) is 8.71. The summed E-state index contributed by atoms with van der Waals surface area (Å²) < 4.78 is 29.4. The van der Waals surface area contributed by atoms with Crippen LogP contribution < -0.4 is 5.32 Å². The Balaban J connectivity index is 1.54. The van der Waals surface area contributed by atoms with Crippen LogP contribution in [-0.4, -0.2) is 76.3 Å². The summed E-state index contributed by atoms with van der Waals surface area (Å²) in [5.74, 6) is -0.840. The molecule has 0 saturated carbocycles. The molecule has 0 radical (unpaired) electrons. The molecule has 2 fully saturated rings. The quantitative estimate of drug-likeness (QED) is 0.457. The van der Waals surface area contributed by atoms with E-state index in [0.717, 1.165) is 22.5 Å². The van der Waals surface area contributed by atoms with Gasteiger partial charge in [0.05, 0.1) is 18.0 Å². The molecule has 9 nitrogen and oxygen atoms in total. The highest BCUT2D eigenvalue weighted by atomic mass is 32.2. The van der Waals surface area contributed by atoms with Gasteiger partial charge in [-0.15, -0.1) is 0 Å². The second-order valence-electron chi connectivity index (χ2n) is 12.6. The first kappa shape index (κ1) is 29.3. The largest absolute Gasteiger partial charge is 0.344 e. The number of carbonyl (C=O) groups excluding carboxylic acids is 2. The minimum absolute atomic E-state index is 0.147. The summed E-state index contributed by atoms with van der Waals surface area (Å²) in [5, 5.41) is 3.03. The van der Waals surface area contributed by atoms with Gasteiger partial charge in [0.15, 0.2) is 0 Å². The number of carbonyl (C=O) groups is 2. The second kappa shape index (κ2) is 10.9. The Morgan fingerprint density at radius 1 is 1.12 bits per heavy atom. The second-order valence-corrected chi connectivity index (χ2v) is 14.6. The Morgan fingerprint density at radius 2 is 1.83 bits per heavy atom. The number of nitrogens with zero attached hydrogens (tertiary/aromatic N) is 4. The first-order valence-electron chi connectivity index (χ1n) is 14.4. The summed E-state index contributed by atoms with van der Waals surface area (Å²) in [6.45, 7) is 10.3. The zero-order valence-electron chi connectivity index (χ0n) is 24.7. The molecule has 2 aromatic heterocycles. The van der Waals surface area contributed by atoms with Crippen LogP contribution in [0.3, 0.4) is 0 Å². The lowest BCUT2D eigenvalue weighted by atomic mass is 9.84. The molecule has 1 aromatic carbocycles. The first-order valence-corrected chi connectivity index (χ1v) is 16.3. The SMILES string of the molecule is CC[C@@H](C)C(=O)N[C@H](C(=O)N1CC[C@@H]2[C@H]1[C@@H](c1cn3cccc(-c4ccccc4)c3n1)CN2S(C)(=O)=O)C(C)(C)C. The van der Waals surface area contributed by atoms with E-state index in [9.17, 15) is 18.0 Å². The maximum absolute atomic E-state index is 14.2. The molecule has 3 aromatic rings. The van der Waals surface area contributed by atoms with Crippen molar-refractivity contribution in [3.8, 4) is 11.1 Å². The summed E-state index contributed by atoms with van der Waals surface area (Å²) in [7, 11) is -3.52. The van der Waals surface area contributed by atoms with E-state index < -0.39 is 21.5 Å². The molecule has 2 amide bonds. The van der Waals surface area contributed by atoms with E-state index in [1.807, 2.05) is 98.8 Å². The van der Waals surface area contributed by atoms with Crippen molar-refractivity contribution in [3.05, 3.63) is 60.6 Å². The van der Waals surface area contributed by atoms with Gasteiger partial charge >= 0.3 is 0 Å². The summed E-state index contributed by atoms with van der Waals surface area (Å²) >= 11 is 0. The van der Waals surface area contributed by atoms with Crippen LogP contribution in [-0.2, 0) is 19.6 Å². The minimum Gasteiger partial charge on any atom is -0.344 e. The van der Waals surface area contributed by atoms with E-state index in [4.69, 9.17) is 4.98 Å². The zero-order valence-corrected chi connectivity index (χ0v) is 25.6. The highest BCUT2D eigenvalue weighted by molar-refractivity contribution is 7.88. The number of amides is 2. The normalized spacial score (nSPS) is 23.0. The molecule has 220 valence electrons. The van der Waals surface area contributed by atoms with Gasteiger partial charge < -0.3 is 14.6 Å². The highest BCUT2D eigenvalue weighted by Gasteiger charge is 2.55. The minimum atomic E-state index is -3.52. The van der Waals surface area contributed by atoms with Gasteiger partial charge in [0.1, 0.15) is 11.7 Å². The van der Waals surface area contributed by atoms with Crippen molar-refractivity contribution in [1.29, 1.82) is 0 Å². The van der Waals surface area contributed by atoms with Crippen LogP contribution in [0, 0.1) is 11.3 Å². The van der Waals surface area contributed by atoms with Crippen LogP contribution in [0.2, 0.25) is 0 Å². The Bertz CT molecular complexity index is 1550. The van der Waals surface area contributed by atoms with E-state index in [2.05, 4.69) is 5.32 Å². The number of aromatic nitrogens is 2. The molecule has 2 aliphatic rings. The van der Waals surface area contributed by atoms with Gasteiger partial charge in [-0.25, -0.2) is 13.4 Å². The maximum atomic E-state index is 14.2. The summed E-state index contributed by atoms with van der Waals surface area (Å²) in [6, 6.07) is 12.6. The van der Waals surface area contributed by atoms with Gasteiger partial charge in [0, 0.05) is 48.9 Å². The van der Waals surface area contributed by atoms with Gasteiger partial charge in [0.2, 0.25) is 21.8 Å². The van der Waals surface area contributed by atoms with Gasteiger partial charge in [-0.1, -0.05) is 65.0 Å². The molecule has 5 atom stereocenters. The monoisotopic (exact) mass is 579 g/mol. The zero-order chi connectivity index (χ0) is 29.7. The molecule has 0 aliphatic carbocycles. The van der Waals surface area contributed by atoms with Crippen LogP contribution in [0.5, 0.6) is 0 Å². The van der Waals surface area contributed by atoms with Crippen molar-refractivity contribution >= 4 is 27.5 Å². The standard InChI is InChI=1S/C31H41N5O4S/c1-7-20(2)29(37)33-27(31(3,4)5)30(38)35-17-15-25-26(35)23(18-36(25)41(6,39)40)24-19-34-16-11-14-22(28(34)32-24)21-12-9-8-10-13-21/h8-14,16,19-20,23,25-27H,7,15,17-18H2,1-6H3,(H,33,37)/t20-,23-,25-,26-,27-/m1/s1. The maximum Gasteiger partial charge on any atom is 0.246 e. The number of hydrogen-bond acceptors (Lipinski definition) is 5. The lowest BCUT2D eigenvalue weighted by Gasteiger charge is -2.37. The molecule has 2 aliphatic heterocycles. The van der Waals surface area contributed by atoms with E-state index in [1.165, 1.54) is 6.26 Å². The van der Waals surface area contributed by atoms with Crippen LogP contribution in [0.4, 0.5) is 0 Å². The smallest absolute Gasteiger partial charge is 0.246 e. The molecular weight excluding hydrogens is 538 g/mol. The van der Waals surface area contributed by atoms with Crippen molar-refractivity contribution in [2.75, 3.05) is 19.3 Å². The molecule has 1 N–H and O–H groups in total. The van der Waals surface area contributed by atoms with Crippen molar-refractivity contribution in [2.45, 2.75) is 71.5 Å². The number of fused-ring (bicyclic) bond motifs is 2. The Labute approximate surface area is 243 Å². The lowest BCUT2D eigenvalue weighted by Crippen LogP contribution is -2.57. The molecule has 10 heteroatoms. The Hall–Kier alpha value is -3.24. The number of pyridine rings is 1. The van der Waals surface area contributed by atoms with Crippen LogP contribution in [0.15, 0.2) is 54.9 Å². The third-order valence-corrected chi connectivity index (χ3v) is 9.99. The number of sulfonamides is 1. The number of likely N-dealkylation sites (tertiary alicyclic amines) is 1.